The van der Waals surface area contributed by atoms with Crippen LogP contribution in [0.2, 0.25) is 0 Å². The van der Waals surface area contributed by atoms with Gasteiger partial charge in [-0.1, -0.05) is 39.8 Å². The SMILES string of the molecule is CC(C)c1nc(C2C3C=CC(C3)C2C(C)C)ns1. The zero-order valence-electron chi connectivity index (χ0n) is 11.6. The van der Waals surface area contributed by atoms with E-state index in [1.54, 1.807) is 11.5 Å². The molecule has 1 heterocycles. The highest BCUT2D eigenvalue weighted by atomic mass is 32.1. The standard InChI is InChI=1S/C15H22N2S/c1-8(2)12-10-5-6-11(7-10)13(12)14-16-15(9(3)4)18-17-14/h5-6,8-13H,7H2,1-4H3. The fourth-order valence-corrected chi connectivity index (χ4v) is 4.44. The van der Waals surface area contributed by atoms with E-state index in [-0.39, 0.29) is 0 Å². The van der Waals surface area contributed by atoms with Crippen molar-refractivity contribution in [3.05, 3.63) is 23.0 Å². The molecular formula is C15H22N2S. The minimum absolute atomic E-state index is 0.503. The zero-order chi connectivity index (χ0) is 12.9. The molecule has 0 amide bonds. The first-order chi connectivity index (χ1) is 8.58. The highest BCUT2D eigenvalue weighted by molar-refractivity contribution is 7.05. The summed E-state index contributed by atoms with van der Waals surface area (Å²) in [6.45, 7) is 9.10. The van der Waals surface area contributed by atoms with Crippen molar-refractivity contribution in [2.75, 3.05) is 0 Å². The van der Waals surface area contributed by atoms with Crippen LogP contribution in [0.3, 0.4) is 0 Å². The van der Waals surface area contributed by atoms with Gasteiger partial charge in [-0.15, -0.1) is 0 Å². The molecule has 2 nitrogen and oxygen atoms in total. The van der Waals surface area contributed by atoms with Gasteiger partial charge in [-0.3, -0.25) is 0 Å². The summed E-state index contributed by atoms with van der Waals surface area (Å²) >= 11 is 1.60. The molecule has 2 bridgehead atoms. The molecule has 4 atom stereocenters. The monoisotopic (exact) mass is 262 g/mol. The van der Waals surface area contributed by atoms with Crippen LogP contribution >= 0.6 is 11.5 Å². The van der Waals surface area contributed by atoms with Crippen molar-refractivity contribution in [3.8, 4) is 0 Å². The van der Waals surface area contributed by atoms with E-state index < -0.39 is 0 Å². The summed E-state index contributed by atoms with van der Waals surface area (Å²) in [4.78, 5) is 4.82. The van der Waals surface area contributed by atoms with Crippen LogP contribution in [-0.4, -0.2) is 9.36 Å². The Morgan fingerprint density at radius 3 is 2.50 bits per heavy atom. The summed E-state index contributed by atoms with van der Waals surface area (Å²) in [6, 6.07) is 0. The predicted molar refractivity (Wildman–Crippen MR) is 75.8 cm³/mol. The van der Waals surface area contributed by atoms with Gasteiger partial charge >= 0.3 is 0 Å². The molecule has 3 heteroatoms. The fourth-order valence-electron chi connectivity index (χ4n) is 3.75. The molecule has 2 aliphatic rings. The molecule has 0 saturated heterocycles. The Morgan fingerprint density at radius 1 is 1.17 bits per heavy atom. The summed E-state index contributed by atoms with van der Waals surface area (Å²) in [6.07, 6.45) is 6.16. The lowest BCUT2D eigenvalue weighted by molar-refractivity contribution is 0.287. The maximum Gasteiger partial charge on any atom is 0.146 e. The number of aromatic nitrogens is 2. The second kappa shape index (κ2) is 4.44. The highest BCUT2D eigenvalue weighted by Crippen LogP contribution is 2.55. The first-order valence-electron chi connectivity index (χ1n) is 7.09. The van der Waals surface area contributed by atoms with Crippen LogP contribution in [-0.2, 0) is 0 Å². The Bertz CT molecular complexity index is 461. The van der Waals surface area contributed by atoms with E-state index >= 15 is 0 Å². The van der Waals surface area contributed by atoms with E-state index in [1.807, 2.05) is 0 Å². The number of nitrogens with zero attached hydrogens (tertiary/aromatic N) is 2. The molecule has 2 aliphatic carbocycles. The van der Waals surface area contributed by atoms with E-state index in [1.165, 1.54) is 11.4 Å². The van der Waals surface area contributed by atoms with Gasteiger partial charge in [-0.25, -0.2) is 4.98 Å². The molecule has 1 saturated carbocycles. The van der Waals surface area contributed by atoms with Crippen LogP contribution < -0.4 is 0 Å². The molecule has 98 valence electrons. The Hall–Kier alpha value is -0.700. The molecule has 0 aliphatic heterocycles. The molecule has 1 fully saturated rings. The van der Waals surface area contributed by atoms with E-state index in [2.05, 4.69) is 44.2 Å². The average molecular weight is 262 g/mol. The molecule has 1 aromatic heterocycles. The van der Waals surface area contributed by atoms with E-state index in [0.29, 0.717) is 17.8 Å². The lowest BCUT2D eigenvalue weighted by Crippen LogP contribution is -2.23. The van der Waals surface area contributed by atoms with Crippen molar-refractivity contribution >= 4 is 11.5 Å². The number of hydrogen-bond acceptors (Lipinski definition) is 3. The fraction of sp³-hybridized carbons (Fsp3) is 0.733. The zero-order valence-corrected chi connectivity index (χ0v) is 12.4. The summed E-state index contributed by atoms with van der Waals surface area (Å²) in [5.41, 5.74) is 0. The molecule has 0 aromatic carbocycles. The first-order valence-corrected chi connectivity index (χ1v) is 7.87. The quantitative estimate of drug-likeness (QED) is 0.762. The highest BCUT2D eigenvalue weighted by Gasteiger charge is 2.47. The molecular weight excluding hydrogens is 240 g/mol. The van der Waals surface area contributed by atoms with Crippen LogP contribution in [0, 0.1) is 23.7 Å². The van der Waals surface area contributed by atoms with E-state index in [0.717, 1.165) is 23.6 Å². The third-order valence-corrected chi connectivity index (χ3v) is 5.57. The van der Waals surface area contributed by atoms with E-state index in [9.17, 15) is 0 Å². The van der Waals surface area contributed by atoms with Crippen molar-refractivity contribution in [1.82, 2.24) is 9.36 Å². The number of hydrogen-bond donors (Lipinski definition) is 0. The molecule has 1 aromatic rings. The lowest BCUT2D eigenvalue weighted by atomic mass is 9.76. The maximum atomic E-state index is 4.82. The van der Waals surface area contributed by atoms with Crippen molar-refractivity contribution in [2.24, 2.45) is 23.7 Å². The van der Waals surface area contributed by atoms with Gasteiger partial charge in [0.1, 0.15) is 10.8 Å². The summed E-state index contributed by atoms with van der Waals surface area (Å²) < 4.78 is 4.67. The second-order valence-electron chi connectivity index (χ2n) is 6.44. The smallest absolute Gasteiger partial charge is 0.146 e. The Kier molecular flexibility index (Phi) is 3.05. The minimum Gasteiger partial charge on any atom is -0.224 e. The summed E-state index contributed by atoms with van der Waals surface area (Å²) in [5, 5.41) is 1.19. The summed E-state index contributed by atoms with van der Waals surface area (Å²) in [7, 11) is 0. The van der Waals surface area contributed by atoms with Crippen LogP contribution in [0.1, 0.15) is 56.8 Å². The molecule has 4 unspecified atom stereocenters. The number of fused-ring (bicyclic) bond motifs is 2. The van der Waals surface area contributed by atoms with Gasteiger partial charge in [0.15, 0.2) is 0 Å². The third-order valence-electron chi connectivity index (χ3n) is 4.54. The van der Waals surface area contributed by atoms with Crippen LogP contribution in [0.15, 0.2) is 12.2 Å². The minimum atomic E-state index is 0.503. The normalized spacial score (nSPS) is 34.1. The molecule has 0 N–H and O–H groups in total. The lowest BCUT2D eigenvalue weighted by Gasteiger charge is -2.29. The Balaban J connectivity index is 1.92. The van der Waals surface area contributed by atoms with Crippen molar-refractivity contribution < 1.29 is 0 Å². The van der Waals surface area contributed by atoms with Gasteiger partial charge in [0.05, 0.1) is 0 Å². The first kappa shape index (κ1) is 12.3. The van der Waals surface area contributed by atoms with Gasteiger partial charge in [-0.05, 0) is 41.6 Å². The van der Waals surface area contributed by atoms with Crippen molar-refractivity contribution in [2.45, 2.75) is 46.0 Å². The maximum absolute atomic E-state index is 4.82. The molecule has 18 heavy (non-hydrogen) atoms. The van der Waals surface area contributed by atoms with Crippen LogP contribution in [0.4, 0.5) is 0 Å². The number of rotatable bonds is 3. The van der Waals surface area contributed by atoms with Gasteiger partial charge in [-0.2, -0.15) is 4.37 Å². The second-order valence-corrected chi connectivity index (χ2v) is 7.22. The van der Waals surface area contributed by atoms with Crippen molar-refractivity contribution in [3.63, 3.8) is 0 Å². The van der Waals surface area contributed by atoms with Gasteiger partial charge in [0.2, 0.25) is 0 Å². The van der Waals surface area contributed by atoms with Crippen LogP contribution in [0.25, 0.3) is 0 Å². The van der Waals surface area contributed by atoms with Crippen LogP contribution in [0.5, 0.6) is 0 Å². The van der Waals surface area contributed by atoms with Gasteiger partial charge in [0, 0.05) is 11.8 Å². The Labute approximate surface area is 114 Å². The third kappa shape index (κ3) is 1.83. The summed E-state index contributed by atoms with van der Waals surface area (Å²) in [5.74, 6) is 5.13. The average Bonchev–Trinajstić information content (AvgIpc) is 3.02. The topological polar surface area (TPSA) is 25.8 Å². The van der Waals surface area contributed by atoms with E-state index in [4.69, 9.17) is 4.98 Å². The van der Waals surface area contributed by atoms with Gasteiger partial charge in [0.25, 0.3) is 0 Å². The predicted octanol–water partition coefficient (Wildman–Crippen LogP) is 4.22. The molecule has 0 radical (unpaired) electrons. The van der Waals surface area contributed by atoms with Crippen molar-refractivity contribution in [1.29, 1.82) is 0 Å². The van der Waals surface area contributed by atoms with Gasteiger partial charge < -0.3 is 0 Å². The molecule has 3 rings (SSSR count). The largest absolute Gasteiger partial charge is 0.224 e. The Morgan fingerprint density at radius 2 is 1.89 bits per heavy atom. The number of allylic oxidation sites excluding steroid dienone is 2. The molecule has 0 spiro atoms.